The number of phenols is 1. The van der Waals surface area contributed by atoms with Gasteiger partial charge in [0.1, 0.15) is 12.4 Å². The molecule has 7 rings (SSSR count). The average Bonchev–Trinajstić information content (AvgIpc) is 3.08. The molecule has 0 amide bonds. The standard InChI is InChI=1S/C22H25NO2/c1-14(2)20-13-25-22(23-20)19-11-15-3-4-16-6-8-18(21(24)12-16)10-9-17(19)7-5-15/h5-8,11-12,14,20,24H,3-4,9-10,13H2,1-2H3/t20-/m1/s1. The Bertz CT molecular complexity index is 823. The van der Waals surface area contributed by atoms with Crippen LogP contribution in [0.2, 0.25) is 0 Å². The second kappa shape index (κ2) is 6.55. The predicted octanol–water partition coefficient (Wildman–Crippen LogP) is 4.08. The van der Waals surface area contributed by atoms with Crippen LogP contribution in [0.25, 0.3) is 0 Å². The fourth-order valence-corrected chi connectivity index (χ4v) is 3.61. The van der Waals surface area contributed by atoms with Gasteiger partial charge in [0.05, 0.1) is 6.04 Å². The minimum atomic E-state index is 0.251. The van der Waals surface area contributed by atoms with Gasteiger partial charge in [-0.25, -0.2) is 4.99 Å². The van der Waals surface area contributed by atoms with E-state index in [1.165, 1.54) is 16.7 Å². The van der Waals surface area contributed by atoms with Gasteiger partial charge in [0.15, 0.2) is 0 Å². The molecule has 2 aromatic carbocycles. The summed E-state index contributed by atoms with van der Waals surface area (Å²) in [7, 11) is 0. The molecule has 4 aliphatic carbocycles. The third-order valence-corrected chi connectivity index (χ3v) is 5.36. The Morgan fingerprint density at radius 1 is 0.960 bits per heavy atom. The van der Waals surface area contributed by atoms with Gasteiger partial charge in [-0.1, -0.05) is 38.1 Å². The van der Waals surface area contributed by atoms with Crippen molar-refractivity contribution < 1.29 is 9.84 Å². The van der Waals surface area contributed by atoms with E-state index in [0.717, 1.165) is 42.7 Å². The SMILES string of the molecule is CC(C)[C@H]1COC(c2cc3ccc2CCc2ccc(cc2O)CC3)=N1. The molecule has 0 spiro atoms. The zero-order valence-electron chi connectivity index (χ0n) is 15.0. The van der Waals surface area contributed by atoms with Crippen LogP contribution >= 0.6 is 0 Å². The quantitative estimate of drug-likeness (QED) is 0.898. The number of nitrogens with zero attached hydrogens (tertiary/aromatic N) is 1. The molecule has 0 saturated heterocycles. The number of phenolic OH excluding ortho intramolecular Hbond substituents is 1. The van der Waals surface area contributed by atoms with Gasteiger partial charge in [0.25, 0.3) is 0 Å². The van der Waals surface area contributed by atoms with E-state index in [1.807, 2.05) is 6.07 Å². The van der Waals surface area contributed by atoms with Crippen LogP contribution in [-0.4, -0.2) is 23.7 Å². The third kappa shape index (κ3) is 3.28. The van der Waals surface area contributed by atoms with E-state index in [4.69, 9.17) is 9.73 Å². The third-order valence-electron chi connectivity index (χ3n) is 5.36. The van der Waals surface area contributed by atoms with Gasteiger partial charge in [0.2, 0.25) is 5.90 Å². The van der Waals surface area contributed by atoms with E-state index in [1.54, 1.807) is 0 Å². The number of aliphatic imine (C=N–C) groups is 1. The van der Waals surface area contributed by atoms with Crippen molar-refractivity contribution in [3.8, 4) is 5.75 Å². The molecule has 0 fully saturated rings. The van der Waals surface area contributed by atoms with Crippen LogP contribution in [0.1, 0.15) is 41.7 Å². The summed E-state index contributed by atoms with van der Waals surface area (Å²) in [5.74, 6) is 1.71. The van der Waals surface area contributed by atoms with Crippen molar-refractivity contribution in [2.45, 2.75) is 45.6 Å². The lowest BCUT2D eigenvalue weighted by Gasteiger charge is -2.15. The number of aromatic hydroxyl groups is 1. The van der Waals surface area contributed by atoms with E-state index in [0.29, 0.717) is 18.3 Å². The van der Waals surface area contributed by atoms with Crippen molar-refractivity contribution in [1.82, 2.24) is 0 Å². The summed E-state index contributed by atoms with van der Waals surface area (Å²) in [5, 5.41) is 10.3. The first-order chi connectivity index (χ1) is 12.1. The van der Waals surface area contributed by atoms with Crippen molar-refractivity contribution in [2.24, 2.45) is 10.9 Å². The highest BCUT2D eigenvalue weighted by atomic mass is 16.5. The molecule has 0 saturated carbocycles. The smallest absolute Gasteiger partial charge is 0.216 e. The van der Waals surface area contributed by atoms with Gasteiger partial charge >= 0.3 is 0 Å². The fraction of sp³-hybridized carbons (Fsp3) is 0.409. The molecule has 2 aromatic rings. The lowest BCUT2D eigenvalue weighted by atomic mass is 9.93. The summed E-state index contributed by atoms with van der Waals surface area (Å²) in [5.41, 5.74) is 5.86. The molecule has 25 heavy (non-hydrogen) atoms. The molecule has 3 nitrogen and oxygen atoms in total. The summed E-state index contributed by atoms with van der Waals surface area (Å²) in [6.45, 7) is 5.06. The van der Waals surface area contributed by atoms with Crippen LogP contribution in [0.5, 0.6) is 5.75 Å². The Hall–Kier alpha value is -2.29. The van der Waals surface area contributed by atoms with Gasteiger partial charge in [-0.15, -0.1) is 0 Å². The zero-order chi connectivity index (χ0) is 17.4. The van der Waals surface area contributed by atoms with Crippen LogP contribution in [0.3, 0.4) is 0 Å². The topological polar surface area (TPSA) is 41.8 Å². The van der Waals surface area contributed by atoms with E-state index < -0.39 is 0 Å². The highest BCUT2D eigenvalue weighted by Gasteiger charge is 2.24. The molecule has 3 heteroatoms. The molecule has 0 aromatic heterocycles. The van der Waals surface area contributed by atoms with E-state index >= 15 is 0 Å². The number of rotatable bonds is 2. The molecule has 0 unspecified atom stereocenters. The molecule has 130 valence electrons. The van der Waals surface area contributed by atoms with Crippen LogP contribution in [0.4, 0.5) is 0 Å². The molecule has 1 N–H and O–H groups in total. The van der Waals surface area contributed by atoms with Crippen molar-refractivity contribution in [2.75, 3.05) is 6.61 Å². The van der Waals surface area contributed by atoms with Gasteiger partial charge in [-0.2, -0.15) is 0 Å². The maximum atomic E-state index is 10.3. The molecular weight excluding hydrogens is 310 g/mol. The summed E-state index contributed by atoms with van der Waals surface area (Å²) >= 11 is 0. The van der Waals surface area contributed by atoms with Crippen molar-refractivity contribution in [1.29, 1.82) is 0 Å². The Labute approximate surface area is 149 Å². The van der Waals surface area contributed by atoms with Gasteiger partial charge in [-0.05, 0) is 66.0 Å². The number of aryl methyl sites for hydroxylation is 4. The van der Waals surface area contributed by atoms with Crippen LogP contribution < -0.4 is 0 Å². The van der Waals surface area contributed by atoms with E-state index in [2.05, 4.69) is 44.2 Å². The Balaban J connectivity index is 1.72. The summed E-state index contributed by atoms with van der Waals surface area (Å²) in [6, 6.07) is 13.1. The first-order valence-corrected chi connectivity index (χ1v) is 9.23. The second-order valence-corrected chi connectivity index (χ2v) is 7.51. The van der Waals surface area contributed by atoms with Gasteiger partial charge in [-0.3, -0.25) is 0 Å². The van der Waals surface area contributed by atoms with Crippen molar-refractivity contribution in [3.05, 3.63) is 64.2 Å². The Morgan fingerprint density at radius 3 is 2.32 bits per heavy atom. The molecule has 4 bridgehead atoms. The zero-order valence-corrected chi connectivity index (χ0v) is 15.0. The molecule has 0 radical (unpaired) electrons. The largest absolute Gasteiger partial charge is 0.508 e. The normalized spacial score (nSPS) is 19.5. The number of benzene rings is 2. The van der Waals surface area contributed by atoms with E-state index in [-0.39, 0.29) is 6.04 Å². The molecule has 1 atom stereocenters. The highest BCUT2D eigenvalue weighted by molar-refractivity contribution is 5.96. The lowest BCUT2D eigenvalue weighted by Crippen LogP contribution is -2.13. The number of ether oxygens (including phenoxy) is 1. The number of hydrogen-bond acceptors (Lipinski definition) is 3. The summed E-state index contributed by atoms with van der Waals surface area (Å²) in [6.07, 6.45) is 3.57. The summed E-state index contributed by atoms with van der Waals surface area (Å²) < 4.78 is 5.95. The number of hydrogen-bond donors (Lipinski definition) is 1. The highest BCUT2D eigenvalue weighted by Crippen LogP contribution is 2.27. The maximum absolute atomic E-state index is 10.3. The lowest BCUT2D eigenvalue weighted by molar-refractivity contribution is 0.291. The minimum absolute atomic E-state index is 0.251. The first-order valence-electron chi connectivity index (χ1n) is 9.23. The molecule has 5 aliphatic rings. The monoisotopic (exact) mass is 335 g/mol. The van der Waals surface area contributed by atoms with Gasteiger partial charge < -0.3 is 9.84 Å². The van der Waals surface area contributed by atoms with Crippen LogP contribution in [-0.2, 0) is 30.4 Å². The van der Waals surface area contributed by atoms with Crippen molar-refractivity contribution >= 4 is 5.90 Å². The van der Waals surface area contributed by atoms with Crippen LogP contribution in [0.15, 0.2) is 41.4 Å². The second-order valence-electron chi connectivity index (χ2n) is 7.51. The summed E-state index contributed by atoms with van der Waals surface area (Å²) in [4.78, 5) is 4.83. The molecule has 1 heterocycles. The van der Waals surface area contributed by atoms with Crippen LogP contribution in [0, 0.1) is 5.92 Å². The van der Waals surface area contributed by atoms with Gasteiger partial charge in [0, 0.05) is 5.56 Å². The first kappa shape index (κ1) is 16.2. The minimum Gasteiger partial charge on any atom is -0.508 e. The van der Waals surface area contributed by atoms with Crippen molar-refractivity contribution in [3.63, 3.8) is 0 Å². The molecule has 1 aliphatic heterocycles. The predicted molar refractivity (Wildman–Crippen MR) is 100 cm³/mol. The maximum Gasteiger partial charge on any atom is 0.216 e. The fourth-order valence-electron chi connectivity index (χ4n) is 3.61. The molecular formula is C22H25NO2. The Kier molecular flexibility index (Phi) is 4.24. The average molecular weight is 335 g/mol. The van der Waals surface area contributed by atoms with E-state index in [9.17, 15) is 5.11 Å². The Morgan fingerprint density at radius 2 is 1.64 bits per heavy atom.